The van der Waals surface area contributed by atoms with Crippen molar-refractivity contribution >= 4 is 33.6 Å². The van der Waals surface area contributed by atoms with Gasteiger partial charge in [0.05, 0.1) is 5.54 Å². The molecule has 1 heteroatoms. The van der Waals surface area contributed by atoms with E-state index in [1.54, 1.807) is 0 Å². The summed E-state index contributed by atoms with van der Waals surface area (Å²) in [4.78, 5) is 0. The molecule has 0 aromatic heterocycles. The number of hydrogen-bond acceptors (Lipinski definition) is 1. The minimum atomic E-state index is -0.144. The Labute approximate surface area is 357 Å². The molecule has 2 N–H and O–H groups in total. The van der Waals surface area contributed by atoms with E-state index in [4.69, 9.17) is 12.3 Å². The van der Waals surface area contributed by atoms with Crippen LogP contribution in [0.15, 0.2) is 169 Å². The number of hydrogen-bond donors (Lipinski definition) is 1. The molecule has 0 fully saturated rings. The molecule has 0 aliphatic heterocycles. The molecule has 4 aliphatic rings. The molecule has 4 unspecified atom stereocenters. The summed E-state index contributed by atoms with van der Waals surface area (Å²) in [6, 6.07) is 50.4. The lowest BCUT2D eigenvalue weighted by Gasteiger charge is -2.38. The van der Waals surface area contributed by atoms with Crippen LogP contribution in [-0.4, -0.2) is 5.54 Å². The van der Waals surface area contributed by atoms with E-state index < -0.39 is 0 Å². The van der Waals surface area contributed by atoms with Crippen LogP contribution in [-0.2, 0) is 11.8 Å². The van der Waals surface area contributed by atoms with Crippen molar-refractivity contribution in [3.63, 3.8) is 0 Å². The summed E-state index contributed by atoms with van der Waals surface area (Å²) in [5.74, 6) is 0.642. The van der Waals surface area contributed by atoms with E-state index in [1.807, 2.05) is 0 Å². The van der Waals surface area contributed by atoms with Gasteiger partial charge in [0.25, 0.3) is 0 Å². The van der Waals surface area contributed by atoms with Gasteiger partial charge in [-0.2, -0.15) is 0 Å². The molecule has 298 valence electrons. The SMILES string of the molecule is C=C1C(c2ccc3c(c2)C=CC(C(C)(CC)c2cccc(C4=CC5=C(CC4)C5(N)CC)c2)C3)=c2ccccc2=C(c2ccc(-c3ccc4ccccc4c3)cc2)C1CCC. The molecule has 0 radical (unpaired) electrons. The normalized spacial score (nSPS) is 21.6. The first-order valence-corrected chi connectivity index (χ1v) is 22.5. The van der Waals surface area contributed by atoms with Crippen molar-refractivity contribution in [2.24, 2.45) is 17.6 Å². The third kappa shape index (κ3) is 6.33. The van der Waals surface area contributed by atoms with Crippen LogP contribution >= 0.6 is 0 Å². The van der Waals surface area contributed by atoms with Crippen LogP contribution in [0.2, 0.25) is 0 Å². The lowest BCUT2D eigenvalue weighted by molar-refractivity contribution is 0.332. The summed E-state index contributed by atoms with van der Waals surface area (Å²) in [7, 11) is 0. The van der Waals surface area contributed by atoms with Crippen LogP contribution in [0.4, 0.5) is 0 Å². The van der Waals surface area contributed by atoms with Crippen molar-refractivity contribution in [3.8, 4) is 11.1 Å². The average Bonchev–Trinajstić information content (AvgIpc) is 3.91. The highest BCUT2D eigenvalue weighted by atomic mass is 14.8. The third-order valence-electron chi connectivity index (χ3n) is 15.1. The lowest BCUT2D eigenvalue weighted by Crippen LogP contribution is -2.37. The van der Waals surface area contributed by atoms with Crippen LogP contribution in [0.1, 0.15) is 99.6 Å². The van der Waals surface area contributed by atoms with Crippen molar-refractivity contribution in [3.05, 3.63) is 213 Å². The van der Waals surface area contributed by atoms with Gasteiger partial charge in [0, 0.05) is 5.92 Å². The van der Waals surface area contributed by atoms with E-state index in [9.17, 15) is 0 Å². The molecule has 6 aromatic carbocycles. The maximum absolute atomic E-state index is 6.72. The van der Waals surface area contributed by atoms with E-state index in [0.717, 1.165) is 44.9 Å². The van der Waals surface area contributed by atoms with Gasteiger partial charge < -0.3 is 5.73 Å². The van der Waals surface area contributed by atoms with Crippen LogP contribution in [0, 0.1) is 11.8 Å². The molecule has 6 aromatic rings. The van der Waals surface area contributed by atoms with Gasteiger partial charge in [-0.3, -0.25) is 0 Å². The first-order chi connectivity index (χ1) is 29.2. The van der Waals surface area contributed by atoms with E-state index >= 15 is 0 Å². The van der Waals surface area contributed by atoms with Gasteiger partial charge in [0.1, 0.15) is 0 Å². The molecule has 0 spiro atoms. The first-order valence-electron chi connectivity index (χ1n) is 22.5. The zero-order valence-electron chi connectivity index (χ0n) is 35.8. The van der Waals surface area contributed by atoms with Crippen molar-refractivity contribution < 1.29 is 0 Å². The monoisotopic (exact) mass is 779 g/mol. The molecule has 60 heavy (non-hydrogen) atoms. The summed E-state index contributed by atoms with van der Waals surface area (Å²) in [6.07, 6.45) is 14.8. The largest absolute Gasteiger partial charge is 0.318 e. The molecule has 4 aliphatic carbocycles. The standard InChI is InChI=1S/C59H57N/c1-6-14-51-38(4)56(52-19-11-12-20-53(52)57(51)41-24-21-40(22-25-41)44-26-23-39-15-9-10-16-42(39)33-44)48-28-27-46-36-50(31-29-45(46)34-48)58(5,7-2)49-18-13-17-43(35-49)47-30-32-54-55(37-47)59(54,60)8-3/h9-13,15-29,31,33-35,37,50-51H,4,6-8,14,30,32,36,60H2,1-3,5H3. The Morgan fingerprint density at radius 2 is 1.43 bits per heavy atom. The second-order valence-corrected chi connectivity index (χ2v) is 18.2. The molecule has 0 saturated heterocycles. The highest BCUT2D eigenvalue weighted by Gasteiger charge is 2.48. The zero-order chi connectivity index (χ0) is 41.2. The molecule has 4 atom stereocenters. The van der Waals surface area contributed by atoms with Crippen molar-refractivity contribution in [1.29, 1.82) is 0 Å². The molecule has 1 nitrogen and oxygen atoms in total. The summed E-state index contributed by atoms with van der Waals surface area (Å²) in [5.41, 5.74) is 25.4. The van der Waals surface area contributed by atoms with E-state index in [0.29, 0.717) is 5.92 Å². The quantitative estimate of drug-likeness (QED) is 0.147. The Kier molecular flexibility index (Phi) is 9.65. The Bertz CT molecular complexity index is 2930. The van der Waals surface area contributed by atoms with E-state index in [2.05, 4.69) is 179 Å². The number of rotatable bonds is 10. The highest BCUT2D eigenvalue weighted by Crippen LogP contribution is 2.53. The second kappa shape index (κ2) is 15.1. The second-order valence-electron chi connectivity index (χ2n) is 18.2. The van der Waals surface area contributed by atoms with Gasteiger partial charge in [0.2, 0.25) is 0 Å². The summed E-state index contributed by atoms with van der Waals surface area (Å²) in [6.45, 7) is 14.3. The lowest BCUT2D eigenvalue weighted by atomic mass is 9.65. The number of benzene rings is 6. The van der Waals surface area contributed by atoms with E-state index in [1.165, 1.54) is 99.2 Å². The smallest absolute Gasteiger partial charge is 0.0629 e. The fourth-order valence-electron chi connectivity index (χ4n) is 11.1. The fraction of sp³-hybridized carbons (Fsp3) is 0.254. The van der Waals surface area contributed by atoms with Gasteiger partial charge >= 0.3 is 0 Å². The molecule has 0 saturated carbocycles. The highest BCUT2D eigenvalue weighted by molar-refractivity contribution is 5.90. The van der Waals surface area contributed by atoms with Crippen molar-refractivity contribution in [1.82, 2.24) is 0 Å². The van der Waals surface area contributed by atoms with Crippen LogP contribution in [0.25, 0.3) is 44.7 Å². The maximum atomic E-state index is 6.72. The Morgan fingerprint density at radius 1 is 0.700 bits per heavy atom. The minimum absolute atomic E-state index is 0.0157. The van der Waals surface area contributed by atoms with E-state index in [-0.39, 0.29) is 16.9 Å². The molecule has 0 heterocycles. The van der Waals surface area contributed by atoms with Gasteiger partial charge in [0.15, 0.2) is 0 Å². The Hall–Kier alpha value is -5.76. The average molecular weight is 780 g/mol. The van der Waals surface area contributed by atoms with Crippen LogP contribution < -0.4 is 16.2 Å². The predicted molar refractivity (Wildman–Crippen MR) is 256 cm³/mol. The van der Waals surface area contributed by atoms with Crippen molar-refractivity contribution in [2.75, 3.05) is 0 Å². The number of nitrogens with two attached hydrogens (primary N) is 1. The molecular weight excluding hydrogens is 723 g/mol. The zero-order valence-corrected chi connectivity index (χ0v) is 35.8. The van der Waals surface area contributed by atoms with Gasteiger partial charge in [-0.25, -0.2) is 0 Å². The topological polar surface area (TPSA) is 26.0 Å². The number of allylic oxidation sites excluding steroid dienone is 3. The van der Waals surface area contributed by atoms with Crippen molar-refractivity contribution in [2.45, 2.75) is 83.6 Å². The summed E-state index contributed by atoms with van der Waals surface area (Å²) in [5, 5.41) is 5.16. The number of fused-ring (bicyclic) bond motifs is 3. The molecule has 10 rings (SSSR count). The van der Waals surface area contributed by atoms with Crippen LogP contribution in [0.5, 0.6) is 0 Å². The summed E-state index contributed by atoms with van der Waals surface area (Å²) >= 11 is 0. The molecule has 0 bridgehead atoms. The predicted octanol–water partition coefficient (Wildman–Crippen LogP) is 13.0. The Morgan fingerprint density at radius 3 is 2.22 bits per heavy atom. The first kappa shape index (κ1) is 38.4. The Balaban J connectivity index is 0.978. The maximum Gasteiger partial charge on any atom is 0.0629 e. The van der Waals surface area contributed by atoms with Gasteiger partial charge in [-0.15, -0.1) is 0 Å². The third-order valence-corrected chi connectivity index (χ3v) is 15.1. The summed E-state index contributed by atoms with van der Waals surface area (Å²) < 4.78 is 0. The van der Waals surface area contributed by atoms with Gasteiger partial charge in [-0.1, -0.05) is 180 Å². The van der Waals surface area contributed by atoms with Crippen LogP contribution in [0.3, 0.4) is 0 Å². The minimum Gasteiger partial charge on any atom is -0.318 e. The molecule has 0 amide bonds. The molecular formula is C59H57N. The van der Waals surface area contributed by atoms with Gasteiger partial charge in [-0.05, 0) is 161 Å². The fourth-order valence-corrected chi connectivity index (χ4v) is 11.1.